The van der Waals surface area contributed by atoms with E-state index in [0.717, 1.165) is 30.4 Å². The number of nitrogens with one attached hydrogen (secondary N) is 1. The molecule has 0 bridgehead atoms. The monoisotopic (exact) mass is 309 g/mol. The lowest BCUT2D eigenvalue weighted by Gasteiger charge is -2.43. The van der Waals surface area contributed by atoms with E-state index in [-0.39, 0.29) is 16.7 Å². The minimum atomic E-state index is -3.31. The van der Waals surface area contributed by atoms with Gasteiger partial charge in [-0.25, -0.2) is 8.42 Å². The molecule has 1 aliphatic carbocycles. The Kier molecular flexibility index (Phi) is 4.50. The zero-order valence-corrected chi connectivity index (χ0v) is 14.5. The lowest BCUT2D eigenvalue weighted by Crippen LogP contribution is -2.54. The molecule has 21 heavy (non-hydrogen) atoms. The Balaban J connectivity index is 2.49. The highest BCUT2D eigenvalue weighted by Crippen LogP contribution is 2.40. The van der Waals surface area contributed by atoms with Crippen LogP contribution in [0.1, 0.15) is 44.2 Å². The normalized spacial score (nSPS) is 25.8. The summed E-state index contributed by atoms with van der Waals surface area (Å²) in [7, 11) is -1.43. The third-order valence-corrected chi connectivity index (χ3v) is 7.24. The quantitative estimate of drug-likeness (QED) is 0.932. The van der Waals surface area contributed by atoms with Crippen LogP contribution in [0.2, 0.25) is 0 Å². The van der Waals surface area contributed by atoms with Crippen molar-refractivity contribution in [3.63, 3.8) is 0 Å². The summed E-state index contributed by atoms with van der Waals surface area (Å²) in [6.07, 6.45) is 2.78. The SMILES string of the molecule is CNC1C(S(=O)(=O)c2cc(C)ccc2C)CCCC1(C)C. The fourth-order valence-corrected chi connectivity index (χ4v) is 6.21. The molecule has 2 atom stereocenters. The van der Waals surface area contributed by atoms with Gasteiger partial charge in [0.05, 0.1) is 10.1 Å². The first-order valence-corrected chi connectivity index (χ1v) is 9.23. The minimum absolute atomic E-state index is 0.00245. The maximum atomic E-state index is 13.2. The molecule has 1 aromatic rings. The third kappa shape index (κ3) is 3.02. The van der Waals surface area contributed by atoms with Crippen molar-refractivity contribution in [3.8, 4) is 0 Å². The highest BCUT2D eigenvalue weighted by molar-refractivity contribution is 7.92. The summed E-state index contributed by atoms with van der Waals surface area (Å²) in [4.78, 5) is 0.505. The lowest BCUT2D eigenvalue weighted by atomic mass is 9.73. The zero-order chi connectivity index (χ0) is 15.8. The Bertz CT molecular complexity index is 620. The van der Waals surface area contributed by atoms with Crippen LogP contribution in [0.25, 0.3) is 0 Å². The van der Waals surface area contributed by atoms with E-state index in [9.17, 15) is 8.42 Å². The second kappa shape index (κ2) is 5.73. The molecule has 0 saturated heterocycles. The molecule has 0 radical (unpaired) electrons. The van der Waals surface area contributed by atoms with Gasteiger partial charge in [-0.1, -0.05) is 32.4 Å². The molecular formula is C17H27NO2S. The second-order valence-electron chi connectivity index (χ2n) is 7.00. The minimum Gasteiger partial charge on any atom is -0.315 e. The fourth-order valence-electron chi connectivity index (χ4n) is 3.67. The molecule has 2 rings (SSSR count). The van der Waals surface area contributed by atoms with Crippen molar-refractivity contribution in [1.82, 2.24) is 5.32 Å². The Morgan fingerprint density at radius 2 is 1.90 bits per heavy atom. The first-order valence-electron chi connectivity index (χ1n) is 7.68. The van der Waals surface area contributed by atoms with Gasteiger partial charge in [0.2, 0.25) is 0 Å². The number of benzene rings is 1. The maximum Gasteiger partial charge on any atom is 0.183 e. The van der Waals surface area contributed by atoms with Crippen molar-refractivity contribution in [3.05, 3.63) is 29.3 Å². The van der Waals surface area contributed by atoms with E-state index in [1.54, 1.807) is 0 Å². The number of hydrogen-bond donors (Lipinski definition) is 1. The van der Waals surface area contributed by atoms with Crippen LogP contribution >= 0.6 is 0 Å². The molecule has 1 aliphatic rings. The molecule has 4 heteroatoms. The maximum absolute atomic E-state index is 13.2. The summed E-state index contributed by atoms with van der Waals surface area (Å²) in [5.41, 5.74) is 1.84. The molecule has 0 spiro atoms. The average molecular weight is 309 g/mol. The molecule has 3 nitrogen and oxygen atoms in total. The van der Waals surface area contributed by atoms with E-state index in [1.165, 1.54) is 0 Å². The van der Waals surface area contributed by atoms with E-state index >= 15 is 0 Å². The standard InChI is InChI=1S/C17H27NO2S/c1-12-8-9-13(2)15(11-12)21(19,20)14-7-6-10-17(3,4)16(14)18-5/h8-9,11,14,16,18H,6-7,10H2,1-5H3. The zero-order valence-electron chi connectivity index (χ0n) is 13.7. The fraction of sp³-hybridized carbons (Fsp3) is 0.647. The molecule has 2 unspecified atom stereocenters. The molecule has 1 fully saturated rings. The highest BCUT2D eigenvalue weighted by Gasteiger charge is 2.45. The molecule has 0 aliphatic heterocycles. The molecule has 118 valence electrons. The van der Waals surface area contributed by atoms with Gasteiger partial charge in [0.25, 0.3) is 0 Å². The van der Waals surface area contributed by atoms with Gasteiger partial charge in [-0.3, -0.25) is 0 Å². The van der Waals surface area contributed by atoms with Crippen molar-refractivity contribution in [2.75, 3.05) is 7.05 Å². The summed E-state index contributed by atoms with van der Waals surface area (Å²) in [5, 5.41) is 2.93. The third-order valence-electron chi connectivity index (χ3n) is 4.88. The number of sulfone groups is 1. The van der Waals surface area contributed by atoms with E-state index in [2.05, 4.69) is 19.2 Å². The van der Waals surface area contributed by atoms with Crippen LogP contribution < -0.4 is 5.32 Å². The van der Waals surface area contributed by atoms with Crippen molar-refractivity contribution >= 4 is 9.84 Å². The van der Waals surface area contributed by atoms with Gasteiger partial charge < -0.3 is 5.32 Å². The number of hydrogen-bond acceptors (Lipinski definition) is 3. The average Bonchev–Trinajstić information content (AvgIpc) is 2.40. The molecule has 1 aromatic carbocycles. The van der Waals surface area contributed by atoms with Crippen LogP contribution in [0, 0.1) is 19.3 Å². The van der Waals surface area contributed by atoms with Crippen molar-refractivity contribution in [2.24, 2.45) is 5.41 Å². The van der Waals surface area contributed by atoms with Gasteiger partial charge in [-0.05, 0) is 56.3 Å². The second-order valence-corrected chi connectivity index (χ2v) is 9.13. The van der Waals surface area contributed by atoms with Gasteiger partial charge >= 0.3 is 0 Å². The summed E-state index contributed by atoms with van der Waals surface area (Å²) >= 11 is 0. The van der Waals surface area contributed by atoms with Crippen LogP contribution in [0.5, 0.6) is 0 Å². The van der Waals surface area contributed by atoms with Crippen molar-refractivity contribution in [2.45, 2.75) is 63.1 Å². The molecule has 1 saturated carbocycles. The highest BCUT2D eigenvalue weighted by atomic mass is 32.2. The van der Waals surface area contributed by atoms with Crippen LogP contribution in [-0.2, 0) is 9.84 Å². The summed E-state index contributed by atoms with van der Waals surface area (Å²) in [5.74, 6) is 0. The van der Waals surface area contributed by atoms with Crippen molar-refractivity contribution < 1.29 is 8.42 Å². The van der Waals surface area contributed by atoms with Crippen LogP contribution in [0.3, 0.4) is 0 Å². The molecule has 0 amide bonds. The van der Waals surface area contributed by atoms with Gasteiger partial charge in [0, 0.05) is 6.04 Å². The predicted molar refractivity (Wildman–Crippen MR) is 87.4 cm³/mol. The van der Waals surface area contributed by atoms with E-state index < -0.39 is 9.84 Å². The largest absolute Gasteiger partial charge is 0.315 e. The summed E-state index contributed by atoms with van der Waals surface area (Å²) in [6, 6.07) is 5.69. The van der Waals surface area contributed by atoms with Gasteiger partial charge in [-0.2, -0.15) is 0 Å². The first-order chi connectivity index (χ1) is 9.70. The van der Waals surface area contributed by atoms with Gasteiger partial charge in [0.15, 0.2) is 9.84 Å². The Morgan fingerprint density at radius 1 is 1.24 bits per heavy atom. The summed E-state index contributed by atoms with van der Waals surface area (Å²) in [6.45, 7) is 8.16. The molecule has 0 aromatic heterocycles. The summed E-state index contributed by atoms with van der Waals surface area (Å²) < 4.78 is 26.4. The van der Waals surface area contributed by atoms with E-state index in [0.29, 0.717) is 4.90 Å². The van der Waals surface area contributed by atoms with Crippen molar-refractivity contribution in [1.29, 1.82) is 0 Å². The topological polar surface area (TPSA) is 46.2 Å². The Hall–Kier alpha value is -0.870. The Morgan fingerprint density at radius 3 is 2.52 bits per heavy atom. The van der Waals surface area contributed by atoms with Crippen LogP contribution in [-0.4, -0.2) is 26.8 Å². The molecule has 1 N–H and O–H groups in total. The van der Waals surface area contributed by atoms with Gasteiger partial charge in [-0.15, -0.1) is 0 Å². The molecule has 0 heterocycles. The predicted octanol–water partition coefficient (Wildman–Crippen LogP) is 3.24. The molecular weight excluding hydrogens is 282 g/mol. The van der Waals surface area contributed by atoms with Crippen LogP contribution in [0.15, 0.2) is 23.1 Å². The number of rotatable bonds is 3. The Labute approximate surface area is 129 Å². The van der Waals surface area contributed by atoms with Gasteiger partial charge in [0.1, 0.15) is 0 Å². The van der Waals surface area contributed by atoms with E-state index in [1.807, 2.05) is 39.1 Å². The first kappa shape index (κ1) is 16.5. The number of aryl methyl sites for hydroxylation is 2. The van der Waals surface area contributed by atoms with E-state index in [4.69, 9.17) is 0 Å². The van der Waals surface area contributed by atoms with Crippen LogP contribution in [0.4, 0.5) is 0 Å². The smallest absolute Gasteiger partial charge is 0.183 e. The lowest BCUT2D eigenvalue weighted by molar-refractivity contribution is 0.178.